The Morgan fingerprint density at radius 3 is 2.48 bits per heavy atom. The van der Waals surface area contributed by atoms with Crippen LogP contribution in [0.25, 0.3) is 0 Å². The lowest BCUT2D eigenvalue weighted by atomic mass is 9.96. The Kier molecular flexibility index (Phi) is 8.13. The fourth-order valence-electron chi connectivity index (χ4n) is 4.66. The van der Waals surface area contributed by atoms with Crippen LogP contribution >= 0.6 is 0 Å². The predicted molar refractivity (Wildman–Crippen MR) is 116 cm³/mol. The molecular weight excluding hydrogens is 384 g/mol. The number of carbonyl (C=O) groups excluding carboxylic acids is 1. The summed E-state index contributed by atoms with van der Waals surface area (Å²) in [5.74, 6) is 0.751. The fraction of sp³-hybridized carbons (Fsp3) is 0.696. The molecule has 1 heterocycles. The van der Waals surface area contributed by atoms with Crippen LogP contribution in [-0.4, -0.2) is 37.8 Å². The number of sulfonamides is 1. The van der Waals surface area contributed by atoms with Crippen molar-refractivity contribution in [2.75, 3.05) is 13.1 Å². The number of nitrogens with zero attached hydrogens (tertiary/aromatic N) is 1. The number of piperidine rings is 1. The number of hydrogen-bond donors (Lipinski definition) is 1. The molecule has 1 saturated carbocycles. The van der Waals surface area contributed by atoms with Crippen molar-refractivity contribution >= 4 is 15.9 Å². The molecule has 0 radical (unpaired) electrons. The van der Waals surface area contributed by atoms with E-state index < -0.39 is 10.0 Å². The molecule has 2 unspecified atom stereocenters. The van der Waals surface area contributed by atoms with Crippen LogP contribution in [0, 0.1) is 5.92 Å². The average molecular weight is 421 g/mol. The molecule has 162 valence electrons. The minimum absolute atomic E-state index is 0.114. The van der Waals surface area contributed by atoms with Crippen molar-refractivity contribution in [1.29, 1.82) is 0 Å². The summed E-state index contributed by atoms with van der Waals surface area (Å²) in [6.07, 6.45) is 11.3. The smallest absolute Gasteiger partial charge is 0.243 e. The molecule has 1 saturated heterocycles. The van der Waals surface area contributed by atoms with Crippen molar-refractivity contribution in [3.8, 4) is 0 Å². The number of aryl methyl sites for hydroxylation is 1. The van der Waals surface area contributed by atoms with Gasteiger partial charge in [0.1, 0.15) is 0 Å². The van der Waals surface area contributed by atoms with Crippen LogP contribution in [0.5, 0.6) is 0 Å². The van der Waals surface area contributed by atoms with Crippen LogP contribution in [0.1, 0.15) is 76.7 Å². The standard InChI is InChI=1S/C23H36N2O3S/c1-2-3-8-20-9-7-10-22(20)24-23(26)16-13-19-11-14-21(15-12-19)29(27,28)25-17-5-4-6-18-25/h11-12,14-15,20,22H,2-10,13,16-18H2,1H3,(H,24,26). The van der Waals surface area contributed by atoms with Crippen LogP contribution in [-0.2, 0) is 21.2 Å². The molecule has 1 N–H and O–H groups in total. The van der Waals surface area contributed by atoms with Gasteiger partial charge in [-0.2, -0.15) is 4.31 Å². The zero-order valence-electron chi connectivity index (χ0n) is 17.7. The summed E-state index contributed by atoms with van der Waals surface area (Å²) >= 11 is 0. The summed E-state index contributed by atoms with van der Waals surface area (Å²) in [7, 11) is -3.39. The average Bonchev–Trinajstić information content (AvgIpc) is 3.18. The lowest BCUT2D eigenvalue weighted by Gasteiger charge is -2.25. The van der Waals surface area contributed by atoms with Crippen molar-refractivity contribution in [2.24, 2.45) is 5.92 Å². The number of carbonyl (C=O) groups is 1. The van der Waals surface area contributed by atoms with Gasteiger partial charge >= 0.3 is 0 Å². The van der Waals surface area contributed by atoms with E-state index >= 15 is 0 Å². The third-order valence-electron chi connectivity index (χ3n) is 6.45. The van der Waals surface area contributed by atoms with Crippen LogP contribution in [0.2, 0.25) is 0 Å². The normalized spacial score (nSPS) is 23.2. The number of nitrogens with one attached hydrogen (secondary N) is 1. The second-order valence-corrected chi connectivity index (χ2v) is 10.6. The summed E-state index contributed by atoms with van der Waals surface area (Å²) in [6.45, 7) is 3.45. The number of hydrogen-bond acceptors (Lipinski definition) is 3. The lowest BCUT2D eigenvalue weighted by molar-refractivity contribution is -0.122. The molecule has 1 amide bonds. The largest absolute Gasteiger partial charge is 0.353 e. The first kappa shape index (κ1) is 22.3. The van der Waals surface area contributed by atoms with Crippen LogP contribution < -0.4 is 5.32 Å². The maximum absolute atomic E-state index is 12.7. The lowest BCUT2D eigenvalue weighted by Crippen LogP contribution is -2.37. The second-order valence-electron chi connectivity index (χ2n) is 8.62. The molecule has 1 aromatic rings. The van der Waals surface area contributed by atoms with Gasteiger partial charge in [0, 0.05) is 25.6 Å². The molecule has 1 aliphatic heterocycles. The summed E-state index contributed by atoms with van der Waals surface area (Å²) in [4.78, 5) is 12.8. The Morgan fingerprint density at radius 2 is 1.79 bits per heavy atom. The fourth-order valence-corrected chi connectivity index (χ4v) is 6.18. The topological polar surface area (TPSA) is 66.5 Å². The molecule has 0 spiro atoms. The first-order valence-electron chi connectivity index (χ1n) is 11.4. The maximum atomic E-state index is 12.7. The highest BCUT2D eigenvalue weighted by Gasteiger charge is 2.28. The zero-order valence-corrected chi connectivity index (χ0v) is 18.6. The summed E-state index contributed by atoms with van der Waals surface area (Å²) in [6, 6.07) is 7.42. The van der Waals surface area contributed by atoms with Crippen molar-refractivity contribution in [3.63, 3.8) is 0 Å². The van der Waals surface area contributed by atoms with Crippen molar-refractivity contribution in [1.82, 2.24) is 9.62 Å². The van der Waals surface area contributed by atoms with E-state index in [2.05, 4.69) is 12.2 Å². The number of amides is 1. The zero-order chi connectivity index (χ0) is 20.7. The Bertz CT molecular complexity index is 755. The van der Waals surface area contributed by atoms with E-state index in [1.807, 2.05) is 12.1 Å². The molecule has 0 aromatic heterocycles. The quantitative estimate of drug-likeness (QED) is 0.649. The van der Waals surface area contributed by atoms with Gasteiger partial charge in [0.2, 0.25) is 15.9 Å². The Hall–Kier alpha value is -1.40. The molecule has 3 rings (SSSR count). The Labute approximate surface area is 176 Å². The minimum Gasteiger partial charge on any atom is -0.353 e. The number of unbranched alkanes of at least 4 members (excludes halogenated alkanes) is 1. The van der Waals surface area contributed by atoms with Crippen molar-refractivity contribution < 1.29 is 13.2 Å². The molecule has 2 aliphatic rings. The van der Waals surface area contributed by atoms with Gasteiger partial charge in [0.25, 0.3) is 0 Å². The van der Waals surface area contributed by atoms with Gasteiger partial charge in [-0.15, -0.1) is 0 Å². The first-order chi connectivity index (χ1) is 14.0. The van der Waals surface area contributed by atoms with E-state index in [4.69, 9.17) is 0 Å². The molecule has 0 bridgehead atoms. The van der Waals surface area contributed by atoms with Crippen LogP contribution in [0.3, 0.4) is 0 Å². The van der Waals surface area contributed by atoms with Gasteiger partial charge < -0.3 is 5.32 Å². The SMILES string of the molecule is CCCCC1CCCC1NC(=O)CCc1ccc(S(=O)(=O)N2CCCCC2)cc1. The molecule has 1 aromatic carbocycles. The molecule has 1 aliphatic carbocycles. The van der Waals surface area contributed by atoms with E-state index in [1.54, 1.807) is 16.4 Å². The third-order valence-corrected chi connectivity index (χ3v) is 8.36. The van der Waals surface area contributed by atoms with E-state index in [0.717, 1.165) is 31.2 Å². The second kappa shape index (κ2) is 10.6. The predicted octanol–water partition coefficient (Wildman–Crippen LogP) is 4.27. The van der Waals surface area contributed by atoms with E-state index in [0.29, 0.717) is 42.8 Å². The van der Waals surface area contributed by atoms with Crippen molar-refractivity contribution in [2.45, 2.75) is 88.5 Å². The van der Waals surface area contributed by atoms with Crippen LogP contribution in [0.15, 0.2) is 29.2 Å². The van der Waals surface area contributed by atoms with Gasteiger partial charge in [0.05, 0.1) is 4.90 Å². The Morgan fingerprint density at radius 1 is 1.07 bits per heavy atom. The van der Waals surface area contributed by atoms with E-state index in [1.165, 1.54) is 32.1 Å². The highest BCUT2D eigenvalue weighted by Crippen LogP contribution is 2.30. The summed E-state index contributed by atoms with van der Waals surface area (Å²) < 4.78 is 27.0. The van der Waals surface area contributed by atoms with Crippen molar-refractivity contribution in [3.05, 3.63) is 29.8 Å². The summed E-state index contributed by atoms with van der Waals surface area (Å²) in [5, 5.41) is 3.25. The monoisotopic (exact) mass is 420 g/mol. The molecule has 6 heteroatoms. The molecule has 29 heavy (non-hydrogen) atoms. The van der Waals surface area contributed by atoms with Gasteiger partial charge in [-0.3, -0.25) is 4.79 Å². The van der Waals surface area contributed by atoms with E-state index in [9.17, 15) is 13.2 Å². The van der Waals surface area contributed by atoms with Gasteiger partial charge in [-0.05, 0) is 62.1 Å². The first-order valence-corrected chi connectivity index (χ1v) is 12.8. The number of rotatable bonds is 9. The highest BCUT2D eigenvalue weighted by molar-refractivity contribution is 7.89. The molecule has 2 fully saturated rings. The van der Waals surface area contributed by atoms with Crippen LogP contribution in [0.4, 0.5) is 0 Å². The molecular formula is C23H36N2O3S. The van der Waals surface area contributed by atoms with Gasteiger partial charge in [0.15, 0.2) is 0 Å². The maximum Gasteiger partial charge on any atom is 0.243 e. The van der Waals surface area contributed by atoms with Gasteiger partial charge in [-0.25, -0.2) is 8.42 Å². The van der Waals surface area contributed by atoms with Gasteiger partial charge in [-0.1, -0.05) is 44.7 Å². The number of benzene rings is 1. The summed E-state index contributed by atoms with van der Waals surface area (Å²) in [5.41, 5.74) is 1.01. The minimum atomic E-state index is -3.39. The highest BCUT2D eigenvalue weighted by atomic mass is 32.2. The van der Waals surface area contributed by atoms with E-state index in [-0.39, 0.29) is 5.91 Å². The third kappa shape index (κ3) is 6.05. The molecule has 2 atom stereocenters. The molecule has 5 nitrogen and oxygen atoms in total. The Balaban J connectivity index is 1.49.